The van der Waals surface area contributed by atoms with Crippen molar-refractivity contribution in [2.24, 2.45) is 0 Å². The van der Waals surface area contributed by atoms with Gasteiger partial charge in [-0.3, -0.25) is 4.79 Å². The molecule has 0 spiro atoms. The molecule has 1 amide bonds. The van der Waals surface area contributed by atoms with Crippen LogP contribution in [0.1, 0.15) is 29.4 Å². The van der Waals surface area contributed by atoms with Crippen molar-refractivity contribution in [2.45, 2.75) is 19.8 Å². The summed E-state index contributed by atoms with van der Waals surface area (Å²) in [6.45, 7) is 2.83. The molecule has 2 aromatic rings. The monoisotopic (exact) mass is 260 g/mol. The van der Waals surface area contributed by atoms with Gasteiger partial charge >= 0.3 is 0 Å². The van der Waals surface area contributed by atoms with Gasteiger partial charge in [0.2, 0.25) is 0 Å². The molecule has 3 nitrogen and oxygen atoms in total. The summed E-state index contributed by atoms with van der Waals surface area (Å²) in [6, 6.07) is 9.80. The topological polar surface area (TPSA) is 42.0 Å². The predicted molar refractivity (Wildman–Crippen MR) is 74.8 cm³/mol. The van der Waals surface area contributed by atoms with E-state index in [0.717, 1.165) is 30.6 Å². The average molecular weight is 260 g/mol. The van der Waals surface area contributed by atoms with Crippen LogP contribution in [-0.4, -0.2) is 17.4 Å². The number of hydrogen-bond acceptors (Lipinski definition) is 3. The van der Waals surface area contributed by atoms with Gasteiger partial charge in [0, 0.05) is 12.1 Å². The maximum atomic E-state index is 12.0. The number of carbonyl (C=O) groups is 1. The first-order valence-corrected chi connectivity index (χ1v) is 6.98. The lowest BCUT2D eigenvalue weighted by atomic mass is 10.1. The molecule has 0 aliphatic rings. The third kappa shape index (κ3) is 2.96. The second-order valence-electron chi connectivity index (χ2n) is 4.01. The number of unbranched alkanes of at least 4 members (excludes halogenated alkanes) is 1. The Hall–Kier alpha value is -1.68. The van der Waals surface area contributed by atoms with Gasteiger partial charge in [-0.25, -0.2) is 4.98 Å². The van der Waals surface area contributed by atoms with Gasteiger partial charge in [0.25, 0.3) is 5.91 Å². The van der Waals surface area contributed by atoms with Gasteiger partial charge in [-0.1, -0.05) is 43.7 Å². The number of thiazole rings is 1. The molecule has 2 rings (SSSR count). The number of nitrogens with one attached hydrogen (secondary N) is 1. The van der Waals surface area contributed by atoms with Gasteiger partial charge in [0.05, 0.1) is 11.2 Å². The van der Waals surface area contributed by atoms with Crippen LogP contribution in [0, 0.1) is 0 Å². The lowest BCUT2D eigenvalue weighted by molar-refractivity contribution is 0.0957. The molecule has 1 aromatic heterocycles. The van der Waals surface area contributed by atoms with E-state index in [0.29, 0.717) is 4.88 Å². The minimum Gasteiger partial charge on any atom is -0.351 e. The fourth-order valence-corrected chi connectivity index (χ4v) is 2.39. The molecular formula is C14H16N2OS. The van der Waals surface area contributed by atoms with Crippen LogP contribution in [0.25, 0.3) is 11.3 Å². The van der Waals surface area contributed by atoms with Crippen LogP contribution in [0.2, 0.25) is 0 Å². The average Bonchev–Trinajstić information content (AvgIpc) is 2.89. The van der Waals surface area contributed by atoms with E-state index in [9.17, 15) is 4.79 Å². The molecule has 1 N–H and O–H groups in total. The number of rotatable bonds is 5. The second kappa shape index (κ2) is 6.31. The van der Waals surface area contributed by atoms with E-state index in [-0.39, 0.29) is 5.91 Å². The molecule has 4 heteroatoms. The van der Waals surface area contributed by atoms with Gasteiger partial charge in [-0.2, -0.15) is 0 Å². The summed E-state index contributed by atoms with van der Waals surface area (Å²) in [5, 5.41) is 2.93. The Morgan fingerprint density at radius 2 is 2.11 bits per heavy atom. The van der Waals surface area contributed by atoms with E-state index < -0.39 is 0 Å². The minimum absolute atomic E-state index is 0.0233. The molecule has 0 atom stereocenters. The number of carbonyl (C=O) groups excluding carboxylic acids is 1. The molecule has 0 bridgehead atoms. The van der Waals surface area contributed by atoms with E-state index in [1.165, 1.54) is 11.3 Å². The van der Waals surface area contributed by atoms with E-state index in [1.54, 1.807) is 5.51 Å². The third-order valence-electron chi connectivity index (χ3n) is 2.64. The van der Waals surface area contributed by atoms with Crippen molar-refractivity contribution >= 4 is 17.2 Å². The van der Waals surface area contributed by atoms with Crippen molar-refractivity contribution in [1.82, 2.24) is 10.3 Å². The zero-order valence-electron chi connectivity index (χ0n) is 10.3. The smallest absolute Gasteiger partial charge is 0.263 e. The molecule has 0 saturated carbocycles. The zero-order valence-corrected chi connectivity index (χ0v) is 11.2. The normalized spacial score (nSPS) is 10.3. The van der Waals surface area contributed by atoms with Crippen molar-refractivity contribution < 1.29 is 4.79 Å². The number of benzene rings is 1. The Balaban J connectivity index is 2.15. The first-order valence-electron chi connectivity index (χ1n) is 6.10. The van der Waals surface area contributed by atoms with Gasteiger partial charge < -0.3 is 5.32 Å². The van der Waals surface area contributed by atoms with Crippen molar-refractivity contribution in [3.05, 3.63) is 40.7 Å². The van der Waals surface area contributed by atoms with Crippen molar-refractivity contribution in [3.8, 4) is 11.3 Å². The molecule has 1 aromatic carbocycles. The SMILES string of the molecule is CCCCNC(=O)c1scnc1-c1ccccc1. The Bertz CT molecular complexity index is 508. The predicted octanol–water partition coefficient (Wildman–Crippen LogP) is 3.34. The Morgan fingerprint density at radius 1 is 1.33 bits per heavy atom. The van der Waals surface area contributed by atoms with Crippen LogP contribution < -0.4 is 5.32 Å². The highest BCUT2D eigenvalue weighted by Crippen LogP contribution is 2.24. The third-order valence-corrected chi connectivity index (χ3v) is 3.46. The molecule has 0 aliphatic heterocycles. The summed E-state index contributed by atoms with van der Waals surface area (Å²) in [5.41, 5.74) is 3.48. The highest BCUT2D eigenvalue weighted by Gasteiger charge is 2.15. The Labute approximate surface area is 111 Å². The van der Waals surface area contributed by atoms with Gasteiger partial charge in [0.1, 0.15) is 4.88 Å². The summed E-state index contributed by atoms with van der Waals surface area (Å²) in [5.74, 6) is -0.0233. The van der Waals surface area contributed by atoms with Crippen LogP contribution in [-0.2, 0) is 0 Å². The molecule has 94 valence electrons. The lowest BCUT2D eigenvalue weighted by Crippen LogP contribution is -2.23. The van der Waals surface area contributed by atoms with Crippen LogP contribution in [0.3, 0.4) is 0 Å². The highest BCUT2D eigenvalue weighted by molar-refractivity contribution is 7.12. The summed E-state index contributed by atoms with van der Waals surface area (Å²) in [4.78, 5) is 17.0. The number of nitrogens with zero attached hydrogens (tertiary/aromatic N) is 1. The summed E-state index contributed by atoms with van der Waals surface area (Å²) >= 11 is 1.39. The van der Waals surface area contributed by atoms with Crippen molar-refractivity contribution in [3.63, 3.8) is 0 Å². The van der Waals surface area contributed by atoms with E-state index >= 15 is 0 Å². The quantitative estimate of drug-likeness (QED) is 0.838. The van der Waals surface area contributed by atoms with Crippen LogP contribution in [0.5, 0.6) is 0 Å². The largest absolute Gasteiger partial charge is 0.351 e. The molecule has 0 aliphatic carbocycles. The molecular weight excluding hydrogens is 244 g/mol. The van der Waals surface area contributed by atoms with E-state index in [2.05, 4.69) is 17.2 Å². The maximum Gasteiger partial charge on any atom is 0.263 e. The van der Waals surface area contributed by atoms with Crippen molar-refractivity contribution in [1.29, 1.82) is 0 Å². The van der Waals surface area contributed by atoms with Crippen molar-refractivity contribution in [2.75, 3.05) is 6.54 Å². The fraction of sp³-hybridized carbons (Fsp3) is 0.286. The van der Waals surface area contributed by atoms with Crippen LogP contribution >= 0.6 is 11.3 Å². The minimum atomic E-state index is -0.0233. The standard InChI is InChI=1S/C14H16N2OS/c1-2-3-9-15-14(17)13-12(16-10-18-13)11-7-5-4-6-8-11/h4-8,10H,2-3,9H2,1H3,(H,15,17). The first-order chi connectivity index (χ1) is 8.83. The molecule has 0 unspecified atom stereocenters. The second-order valence-corrected chi connectivity index (χ2v) is 4.86. The highest BCUT2D eigenvalue weighted by atomic mass is 32.1. The Kier molecular flexibility index (Phi) is 4.47. The van der Waals surface area contributed by atoms with Gasteiger partial charge in [-0.05, 0) is 6.42 Å². The lowest BCUT2D eigenvalue weighted by Gasteiger charge is -2.04. The maximum absolute atomic E-state index is 12.0. The van der Waals surface area contributed by atoms with E-state index in [4.69, 9.17) is 0 Å². The van der Waals surface area contributed by atoms with Gasteiger partial charge in [-0.15, -0.1) is 11.3 Å². The summed E-state index contributed by atoms with van der Waals surface area (Å²) in [6.07, 6.45) is 2.08. The first kappa shape index (κ1) is 12.8. The molecule has 18 heavy (non-hydrogen) atoms. The number of hydrogen-bond donors (Lipinski definition) is 1. The fourth-order valence-electron chi connectivity index (χ4n) is 1.67. The van der Waals surface area contributed by atoms with Gasteiger partial charge in [0.15, 0.2) is 0 Å². The number of amides is 1. The zero-order chi connectivity index (χ0) is 12.8. The summed E-state index contributed by atoms with van der Waals surface area (Å²) in [7, 11) is 0. The number of aromatic nitrogens is 1. The molecule has 0 saturated heterocycles. The van der Waals surface area contributed by atoms with E-state index in [1.807, 2.05) is 30.3 Å². The Morgan fingerprint density at radius 3 is 2.83 bits per heavy atom. The summed E-state index contributed by atoms with van der Waals surface area (Å²) < 4.78 is 0. The molecule has 0 radical (unpaired) electrons. The molecule has 1 heterocycles. The molecule has 0 fully saturated rings. The van der Waals surface area contributed by atoms with Crippen LogP contribution in [0.4, 0.5) is 0 Å². The van der Waals surface area contributed by atoms with Crippen LogP contribution in [0.15, 0.2) is 35.8 Å².